The first kappa shape index (κ1) is 10.3. The molecule has 0 bridgehead atoms. The molecule has 88 valence electrons. The van der Waals surface area contributed by atoms with Gasteiger partial charge in [0.1, 0.15) is 5.82 Å². The molecule has 0 aromatic carbocycles. The molecule has 6 nitrogen and oxygen atoms in total. The van der Waals surface area contributed by atoms with Crippen molar-refractivity contribution in [3.8, 4) is 0 Å². The molecule has 3 N–H and O–H groups in total. The SMILES string of the molecule is Cc1[nH]nc(C2CC(=O)Nc3[nH]ncc32)c1Cl. The fourth-order valence-electron chi connectivity index (χ4n) is 2.05. The molecule has 1 unspecified atom stereocenters. The Balaban J connectivity index is 2.11. The van der Waals surface area contributed by atoms with Crippen molar-refractivity contribution in [1.29, 1.82) is 0 Å². The van der Waals surface area contributed by atoms with Gasteiger partial charge < -0.3 is 5.32 Å². The summed E-state index contributed by atoms with van der Waals surface area (Å²) in [6.45, 7) is 1.85. The molecular weight excluding hydrogens is 242 g/mol. The summed E-state index contributed by atoms with van der Waals surface area (Å²) >= 11 is 6.17. The van der Waals surface area contributed by atoms with E-state index in [9.17, 15) is 4.79 Å². The lowest BCUT2D eigenvalue weighted by atomic mass is 9.91. The molecule has 17 heavy (non-hydrogen) atoms. The molecule has 2 aromatic heterocycles. The second-order valence-electron chi connectivity index (χ2n) is 4.05. The normalized spacial score (nSPS) is 18.9. The number of aromatic nitrogens is 4. The molecule has 2 aromatic rings. The van der Waals surface area contributed by atoms with Crippen molar-refractivity contribution in [3.63, 3.8) is 0 Å². The summed E-state index contributed by atoms with van der Waals surface area (Å²) < 4.78 is 0. The summed E-state index contributed by atoms with van der Waals surface area (Å²) in [5, 5.41) is 17.0. The van der Waals surface area contributed by atoms with E-state index < -0.39 is 0 Å². The van der Waals surface area contributed by atoms with Crippen molar-refractivity contribution >= 4 is 23.3 Å². The Morgan fingerprint density at radius 3 is 3.00 bits per heavy atom. The summed E-state index contributed by atoms with van der Waals surface area (Å²) in [4.78, 5) is 11.6. The van der Waals surface area contributed by atoms with Crippen LogP contribution in [-0.2, 0) is 4.79 Å². The Bertz CT molecular complexity index is 587. The van der Waals surface area contributed by atoms with E-state index in [4.69, 9.17) is 11.6 Å². The molecule has 0 fully saturated rings. The molecule has 1 aliphatic heterocycles. The number of halogens is 1. The molecule has 0 aliphatic carbocycles. The minimum atomic E-state index is -0.144. The van der Waals surface area contributed by atoms with Gasteiger partial charge in [0.05, 0.1) is 22.6 Å². The molecule has 7 heteroatoms. The smallest absolute Gasteiger partial charge is 0.226 e. The van der Waals surface area contributed by atoms with E-state index in [2.05, 4.69) is 25.7 Å². The molecule has 0 saturated heterocycles. The van der Waals surface area contributed by atoms with E-state index in [1.807, 2.05) is 6.92 Å². The number of aromatic amines is 2. The first-order valence-electron chi connectivity index (χ1n) is 5.20. The molecular formula is C10H10ClN5O. The number of aryl methyl sites for hydroxylation is 1. The van der Waals surface area contributed by atoms with Gasteiger partial charge in [-0.1, -0.05) is 11.6 Å². The van der Waals surface area contributed by atoms with Crippen LogP contribution in [0, 0.1) is 6.92 Å². The third kappa shape index (κ3) is 1.52. The van der Waals surface area contributed by atoms with Crippen molar-refractivity contribution < 1.29 is 4.79 Å². The molecule has 1 aliphatic rings. The maximum atomic E-state index is 11.6. The van der Waals surface area contributed by atoms with Crippen LogP contribution in [-0.4, -0.2) is 26.3 Å². The number of anilines is 1. The van der Waals surface area contributed by atoms with Gasteiger partial charge >= 0.3 is 0 Å². The Kier molecular flexibility index (Phi) is 2.19. The highest BCUT2D eigenvalue weighted by Gasteiger charge is 2.31. The number of carbonyl (C=O) groups excluding carboxylic acids is 1. The summed E-state index contributed by atoms with van der Waals surface area (Å²) in [5.74, 6) is 0.418. The summed E-state index contributed by atoms with van der Waals surface area (Å²) in [6.07, 6.45) is 2.02. The van der Waals surface area contributed by atoms with Gasteiger partial charge in [-0.05, 0) is 6.92 Å². The van der Waals surface area contributed by atoms with Crippen molar-refractivity contribution in [1.82, 2.24) is 20.4 Å². The predicted molar refractivity (Wildman–Crippen MR) is 62.0 cm³/mol. The molecule has 0 radical (unpaired) electrons. The van der Waals surface area contributed by atoms with Crippen LogP contribution in [0.25, 0.3) is 0 Å². The second-order valence-corrected chi connectivity index (χ2v) is 4.43. The first-order valence-corrected chi connectivity index (χ1v) is 5.58. The number of amides is 1. The van der Waals surface area contributed by atoms with E-state index in [0.717, 1.165) is 11.3 Å². The van der Waals surface area contributed by atoms with Gasteiger partial charge in [0, 0.05) is 17.9 Å². The maximum absolute atomic E-state index is 11.6. The van der Waals surface area contributed by atoms with Crippen LogP contribution in [0.2, 0.25) is 5.02 Å². The number of nitrogens with one attached hydrogen (secondary N) is 3. The van der Waals surface area contributed by atoms with Gasteiger partial charge in [0.15, 0.2) is 0 Å². The number of nitrogens with zero attached hydrogens (tertiary/aromatic N) is 2. The molecule has 3 rings (SSSR count). The van der Waals surface area contributed by atoms with Gasteiger partial charge in [-0.2, -0.15) is 10.2 Å². The second kappa shape index (κ2) is 3.59. The van der Waals surface area contributed by atoms with Gasteiger partial charge in [0.2, 0.25) is 5.91 Å². The Labute approximate surface area is 102 Å². The lowest BCUT2D eigenvalue weighted by Gasteiger charge is -2.20. The number of hydrogen-bond acceptors (Lipinski definition) is 3. The van der Waals surface area contributed by atoms with Crippen molar-refractivity contribution in [2.24, 2.45) is 0 Å². The van der Waals surface area contributed by atoms with Crippen LogP contribution in [0.3, 0.4) is 0 Å². The zero-order chi connectivity index (χ0) is 12.0. The topological polar surface area (TPSA) is 86.5 Å². The zero-order valence-electron chi connectivity index (χ0n) is 9.04. The number of fused-ring (bicyclic) bond motifs is 1. The summed E-state index contributed by atoms with van der Waals surface area (Å²) in [7, 11) is 0. The lowest BCUT2D eigenvalue weighted by Crippen LogP contribution is -2.23. The van der Waals surface area contributed by atoms with Gasteiger partial charge in [0.25, 0.3) is 0 Å². The fourth-order valence-corrected chi connectivity index (χ4v) is 2.27. The Hall–Kier alpha value is -1.82. The Morgan fingerprint density at radius 2 is 2.29 bits per heavy atom. The standard InChI is InChI=1S/C10H10ClN5O/c1-4-8(11)9(15-14-4)5-2-7(17)13-10-6(5)3-12-16-10/h3,5H,2H2,1H3,(H,14,15)(H2,12,13,16,17). The largest absolute Gasteiger partial charge is 0.311 e. The number of carbonyl (C=O) groups is 1. The lowest BCUT2D eigenvalue weighted by molar-refractivity contribution is -0.116. The van der Waals surface area contributed by atoms with Crippen molar-refractivity contribution in [3.05, 3.63) is 28.2 Å². The monoisotopic (exact) mass is 251 g/mol. The minimum absolute atomic E-state index is 0.0662. The average Bonchev–Trinajstić information content (AvgIpc) is 2.87. The highest BCUT2D eigenvalue weighted by molar-refractivity contribution is 6.32. The van der Waals surface area contributed by atoms with Gasteiger partial charge in [-0.25, -0.2) is 0 Å². The minimum Gasteiger partial charge on any atom is -0.311 e. The van der Waals surface area contributed by atoms with E-state index in [1.54, 1.807) is 6.20 Å². The Morgan fingerprint density at radius 1 is 1.47 bits per heavy atom. The summed E-state index contributed by atoms with van der Waals surface area (Å²) in [5.41, 5.74) is 2.41. The van der Waals surface area contributed by atoms with Crippen LogP contribution in [0.5, 0.6) is 0 Å². The van der Waals surface area contributed by atoms with Gasteiger partial charge in [-0.3, -0.25) is 15.0 Å². The summed E-state index contributed by atoms with van der Waals surface area (Å²) in [6, 6.07) is 0. The molecule has 1 amide bonds. The molecule has 0 saturated carbocycles. The molecule has 3 heterocycles. The number of H-pyrrole nitrogens is 2. The third-order valence-electron chi connectivity index (χ3n) is 2.93. The average molecular weight is 252 g/mol. The molecule has 0 spiro atoms. The zero-order valence-corrected chi connectivity index (χ0v) is 9.80. The third-order valence-corrected chi connectivity index (χ3v) is 3.40. The van der Waals surface area contributed by atoms with Crippen molar-refractivity contribution in [2.45, 2.75) is 19.3 Å². The van der Waals surface area contributed by atoms with Crippen LogP contribution in [0.15, 0.2) is 6.20 Å². The number of hydrogen-bond donors (Lipinski definition) is 3. The van der Waals surface area contributed by atoms with E-state index >= 15 is 0 Å². The van der Waals surface area contributed by atoms with Crippen LogP contribution >= 0.6 is 11.6 Å². The van der Waals surface area contributed by atoms with E-state index in [0.29, 0.717) is 23.0 Å². The maximum Gasteiger partial charge on any atom is 0.226 e. The van der Waals surface area contributed by atoms with E-state index in [1.165, 1.54) is 0 Å². The fraction of sp³-hybridized carbons (Fsp3) is 0.300. The van der Waals surface area contributed by atoms with Crippen LogP contribution in [0.4, 0.5) is 5.82 Å². The van der Waals surface area contributed by atoms with Crippen LogP contribution < -0.4 is 5.32 Å². The van der Waals surface area contributed by atoms with Crippen LogP contribution in [0.1, 0.15) is 29.3 Å². The van der Waals surface area contributed by atoms with Gasteiger partial charge in [-0.15, -0.1) is 0 Å². The van der Waals surface area contributed by atoms with E-state index in [-0.39, 0.29) is 11.8 Å². The highest BCUT2D eigenvalue weighted by atomic mass is 35.5. The highest BCUT2D eigenvalue weighted by Crippen LogP contribution is 2.38. The quantitative estimate of drug-likeness (QED) is 0.719. The number of rotatable bonds is 1. The predicted octanol–water partition coefficient (Wildman–Crippen LogP) is 1.57. The first-order chi connectivity index (χ1) is 8.16. The molecule has 1 atom stereocenters. The van der Waals surface area contributed by atoms with Crippen molar-refractivity contribution in [2.75, 3.05) is 5.32 Å².